The number of esters is 1. The molecule has 0 saturated carbocycles. The molecule has 0 bridgehead atoms. The molecule has 6 nitrogen and oxygen atoms in total. The van der Waals surface area contributed by atoms with E-state index in [4.69, 9.17) is 14.2 Å². The van der Waals surface area contributed by atoms with Crippen LogP contribution in [0.5, 0.6) is 0 Å². The predicted molar refractivity (Wildman–Crippen MR) is 102 cm³/mol. The third kappa shape index (κ3) is 3.72. The van der Waals surface area contributed by atoms with Gasteiger partial charge in [-0.25, -0.2) is 4.79 Å². The fourth-order valence-electron chi connectivity index (χ4n) is 3.59. The molecule has 1 N–H and O–H groups in total. The predicted octanol–water partition coefficient (Wildman–Crippen LogP) is 3.37. The lowest BCUT2D eigenvalue weighted by atomic mass is 9.95. The summed E-state index contributed by atoms with van der Waals surface area (Å²) in [6.07, 6.45) is 8.71. The second kappa shape index (κ2) is 7.58. The van der Waals surface area contributed by atoms with E-state index in [9.17, 15) is 9.59 Å². The fourth-order valence-corrected chi connectivity index (χ4v) is 4.87. The first kappa shape index (κ1) is 18.4. The van der Waals surface area contributed by atoms with Gasteiger partial charge in [-0.2, -0.15) is 0 Å². The number of nitrogens with one attached hydrogen (secondary N) is 1. The average Bonchev–Trinajstić information content (AvgIpc) is 3.24. The van der Waals surface area contributed by atoms with Crippen molar-refractivity contribution >= 4 is 28.2 Å². The van der Waals surface area contributed by atoms with Crippen LogP contribution in [0.2, 0.25) is 0 Å². The molecule has 4 rings (SSSR count). The van der Waals surface area contributed by atoms with Gasteiger partial charge in [-0.05, 0) is 51.2 Å². The van der Waals surface area contributed by atoms with Gasteiger partial charge in [0.25, 0.3) is 5.91 Å². The molecule has 0 spiro atoms. The van der Waals surface area contributed by atoms with Gasteiger partial charge >= 0.3 is 5.97 Å². The minimum Gasteiger partial charge on any atom is -0.459 e. The summed E-state index contributed by atoms with van der Waals surface area (Å²) in [5.74, 6) is -0.613. The van der Waals surface area contributed by atoms with Crippen LogP contribution in [-0.4, -0.2) is 37.0 Å². The van der Waals surface area contributed by atoms with E-state index in [1.165, 1.54) is 16.2 Å². The molecule has 1 aromatic rings. The summed E-state index contributed by atoms with van der Waals surface area (Å²) in [4.78, 5) is 26.7. The highest BCUT2D eigenvalue weighted by Crippen LogP contribution is 2.39. The van der Waals surface area contributed by atoms with Gasteiger partial charge in [0.2, 0.25) is 0 Å². The third-order valence-electron chi connectivity index (χ3n) is 4.86. The molecule has 1 aromatic heterocycles. The van der Waals surface area contributed by atoms with Crippen molar-refractivity contribution in [1.82, 2.24) is 0 Å². The molecule has 2 heterocycles. The van der Waals surface area contributed by atoms with Crippen LogP contribution in [0.15, 0.2) is 23.8 Å². The standard InChI is InChI=1S/C20H23NO5S/c1-11(2)26-20(23)17-13-5-3-4-6-16(13)27-19(17)21-18(22)12-7-8-14-15(9-12)25-10-24-14/h7-9,11,14-15H,3-6,10H2,1-2H3,(H,21,22). The molecular weight excluding hydrogens is 366 g/mol. The van der Waals surface area contributed by atoms with Crippen LogP contribution >= 0.6 is 11.3 Å². The summed E-state index contributed by atoms with van der Waals surface area (Å²) in [5, 5.41) is 3.52. The van der Waals surface area contributed by atoms with E-state index in [0.29, 0.717) is 16.1 Å². The molecule has 1 amide bonds. The van der Waals surface area contributed by atoms with Gasteiger partial charge in [0.15, 0.2) is 0 Å². The maximum absolute atomic E-state index is 12.8. The lowest BCUT2D eigenvalue weighted by Crippen LogP contribution is -2.25. The summed E-state index contributed by atoms with van der Waals surface area (Å²) in [6, 6.07) is 0. The van der Waals surface area contributed by atoms with Crippen LogP contribution < -0.4 is 5.32 Å². The zero-order valence-electron chi connectivity index (χ0n) is 15.4. The number of anilines is 1. The summed E-state index contributed by atoms with van der Waals surface area (Å²) in [6.45, 7) is 3.88. The fraction of sp³-hybridized carbons (Fsp3) is 0.500. The molecule has 2 unspecified atom stereocenters. The number of aryl methyl sites for hydroxylation is 1. The Kier molecular flexibility index (Phi) is 5.16. The first-order valence-electron chi connectivity index (χ1n) is 9.33. The van der Waals surface area contributed by atoms with E-state index in [1.807, 2.05) is 19.9 Å². The van der Waals surface area contributed by atoms with Crippen LogP contribution in [0, 0.1) is 0 Å². The summed E-state index contributed by atoms with van der Waals surface area (Å²) < 4.78 is 16.3. The number of hydrogen-bond donors (Lipinski definition) is 1. The maximum atomic E-state index is 12.8. The van der Waals surface area contributed by atoms with Gasteiger partial charge in [-0.1, -0.05) is 12.2 Å². The van der Waals surface area contributed by atoms with Crippen molar-refractivity contribution in [3.05, 3.63) is 39.8 Å². The molecule has 0 aromatic carbocycles. The second-order valence-corrected chi connectivity index (χ2v) is 8.29. The van der Waals surface area contributed by atoms with Crippen molar-refractivity contribution in [2.24, 2.45) is 0 Å². The number of thiophene rings is 1. The summed E-state index contributed by atoms with van der Waals surface area (Å²) >= 11 is 1.49. The van der Waals surface area contributed by atoms with E-state index in [-0.39, 0.29) is 37.0 Å². The molecule has 27 heavy (non-hydrogen) atoms. The topological polar surface area (TPSA) is 73.9 Å². The van der Waals surface area contributed by atoms with Crippen LogP contribution in [0.3, 0.4) is 0 Å². The maximum Gasteiger partial charge on any atom is 0.341 e. The third-order valence-corrected chi connectivity index (χ3v) is 6.07. The van der Waals surface area contributed by atoms with Gasteiger partial charge in [-0.15, -0.1) is 11.3 Å². The highest BCUT2D eigenvalue weighted by atomic mass is 32.1. The van der Waals surface area contributed by atoms with Gasteiger partial charge in [0, 0.05) is 10.5 Å². The van der Waals surface area contributed by atoms with Crippen LogP contribution in [0.4, 0.5) is 5.00 Å². The van der Waals surface area contributed by atoms with Crippen molar-refractivity contribution in [3.8, 4) is 0 Å². The molecule has 144 valence electrons. The minimum atomic E-state index is -0.361. The Hall–Kier alpha value is -1.96. The van der Waals surface area contributed by atoms with E-state index in [1.54, 1.807) is 12.2 Å². The number of hydrogen-bond acceptors (Lipinski definition) is 6. The number of amides is 1. The molecular formula is C20H23NO5S. The van der Waals surface area contributed by atoms with Crippen molar-refractivity contribution in [2.45, 2.75) is 57.8 Å². The average molecular weight is 389 g/mol. The highest BCUT2D eigenvalue weighted by molar-refractivity contribution is 7.17. The molecule has 2 aliphatic carbocycles. The first-order valence-corrected chi connectivity index (χ1v) is 10.1. The van der Waals surface area contributed by atoms with Gasteiger partial charge in [0.1, 0.15) is 24.0 Å². The SMILES string of the molecule is CC(C)OC(=O)c1c(NC(=O)C2=CC3OCOC3C=C2)sc2c1CCCC2. The normalized spacial score (nSPS) is 23.6. The van der Waals surface area contributed by atoms with Gasteiger partial charge in [-0.3, -0.25) is 4.79 Å². The molecule has 1 aliphatic heterocycles. The van der Waals surface area contributed by atoms with Crippen LogP contribution in [-0.2, 0) is 31.8 Å². The lowest BCUT2D eigenvalue weighted by Gasteiger charge is -2.16. The van der Waals surface area contributed by atoms with E-state index in [2.05, 4.69) is 5.32 Å². The Balaban J connectivity index is 1.59. The molecule has 0 radical (unpaired) electrons. The minimum absolute atomic E-state index is 0.132. The first-order chi connectivity index (χ1) is 13.0. The quantitative estimate of drug-likeness (QED) is 0.800. The zero-order chi connectivity index (χ0) is 19.0. The Labute approximate surface area is 162 Å². The monoisotopic (exact) mass is 389 g/mol. The zero-order valence-corrected chi connectivity index (χ0v) is 16.3. The van der Waals surface area contributed by atoms with Crippen molar-refractivity contribution in [2.75, 3.05) is 12.1 Å². The molecule has 7 heteroatoms. The molecule has 1 fully saturated rings. The smallest absolute Gasteiger partial charge is 0.341 e. The van der Waals surface area contributed by atoms with E-state index < -0.39 is 0 Å². The number of carbonyl (C=O) groups is 2. The van der Waals surface area contributed by atoms with E-state index >= 15 is 0 Å². The van der Waals surface area contributed by atoms with E-state index in [0.717, 1.165) is 31.2 Å². The van der Waals surface area contributed by atoms with Crippen molar-refractivity contribution in [3.63, 3.8) is 0 Å². The number of ether oxygens (including phenoxy) is 3. The largest absolute Gasteiger partial charge is 0.459 e. The Bertz CT molecular complexity index is 823. The molecule has 1 saturated heterocycles. The lowest BCUT2D eigenvalue weighted by molar-refractivity contribution is -0.112. The number of fused-ring (bicyclic) bond motifs is 2. The van der Waals surface area contributed by atoms with Crippen LogP contribution in [0.1, 0.15) is 47.5 Å². The highest BCUT2D eigenvalue weighted by Gasteiger charge is 2.31. The van der Waals surface area contributed by atoms with Gasteiger partial charge < -0.3 is 19.5 Å². The Morgan fingerprint density at radius 3 is 2.81 bits per heavy atom. The van der Waals surface area contributed by atoms with Crippen molar-refractivity contribution in [1.29, 1.82) is 0 Å². The van der Waals surface area contributed by atoms with Crippen LogP contribution in [0.25, 0.3) is 0 Å². The molecule has 3 aliphatic rings. The Morgan fingerprint density at radius 1 is 1.22 bits per heavy atom. The summed E-state index contributed by atoms with van der Waals surface area (Å²) in [7, 11) is 0. The molecule has 2 atom stereocenters. The summed E-state index contributed by atoms with van der Waals surface area (Å²) in [5.41, 5.74) is 2.07. The van der Waals surface area contributed by atoms with Gasteiger partial charge in [0.05, 0.1) is 11.7 Å². The van der Waals surface area contributed by atoms with Crippen molar-refractivity contribution < 1.29 is 23.8 Å². The number of carbonyl (C=O) groups excluding carboxylic acids is 2. The number of rotatable bonds is 4. The second-order valence-electron chi connectivity index (χ2n) is 7.18. The Morgan fingerprint density at radius 2 is 2.00 bits per heavy atom.